The number of thioether (sulfide) groups is 1. The number of benzene rings is 1. The van der Waals surface area contributed by atoms with Gasteiger partial charge in [-0.3, -0.25) is 4.79 Å². The molecule has 94 valence electrons. The number of halogens is 1. The summed E-state index contributed by atoms with van der Waals surface area (Å²) in [5, 5.41) is 0. The Bertz CT molecular complexity index is 351. The second kappa shape index (κ2) is 7.77. The lowest BCUT2D eigenvalue weighted by Gasteiger charge is -2.09. The highest BCUT2D eigenvalue weighted by Gasteiger charge is 2.08. The smallest absolute Gasteiger partial charge is 0.305 e. The zero-order valence-corrected chi connectivity index (χ0v) is 12.5. The van der Waals surface area contributed by atoms with Gasteiger partial charge in [0.25, 0.3) is 0 Å². The van der Waals surface area contributed by atoms with Gasteiger partial charge >= 0.3 is 5.97 Å². The van der Waals surface area contributed by atoms with Crippen LogP contribution >= 0.6 is 27.7 Å². The third kappa shape index (κ3) is 6.13. The first kappa shape index (κ1) is 14.6. The lowest BCUT2D eigenvalue weighted by Crippen LogP contribution is -2.09. The van der Waals surface area contributed by atoms with Gasteiger partial charge in [0.1, 0.15) is 0 Å². The molecule has 0 fully saturated rings. The summed E-state index contributed by atoms with van der Waals surface area (Å²) in [6.45, 7) is 2.07. The standard InChI is InChI=1S/C13H17BrO2S/c1-10(7-13(15)16-2)8-17-9-11-3-5-12(14)6-4-11/h3-6,10H,7-9H2,1-2H3. The van der Waals surface area contributed by atoms with Gasteiger partial charge in [0.05, 0.1) is 7.11 Å². The molecule has 0 N–H and O–H groups in total. The molecule has 1 aromatic carbocycles. The monoisotopic (exact) mass is 316 g/mol. The van der Waals surface area contributed by atoms with E-state index in [1.54, 1.807) is 0 Å². The number of rotatable bonds is 6. The minimum Gasteiger partial charge on any atom is -0.469 e. The molecule has 0 bridgehead atoms. The second-order valence-corrected chi connectivity index (χ2v) is 5.97. The molecule has 1 rings (SSSR count). The van der Waals surface area contributed by atoms with Crippen molar-refractivity contribution in [1.82, 2.24) is 0 Å². The second-order valence-electron chi connectivity index (χ2n) is 4.03. The first-order valence-electron chi connectivity index (χ1n) is 5.51. The molecule has 1 aromatic rings. The Morgan fingerprint density at radius 1 is 1.41 bits per heavy atom. The highest BCUT2D eigenvalue weighted by Crippen LogP contribution is 2.19. The van der Waals surface area contributed by atoms with Crippen LogP contribution in [-0.4, -0.2) is 18.8 Å². The van der Waals surface area contributed by atoms with Crippen LogP contribution in [0, 0.1) is 5.92 Å². The van der Waals surface area contributed by atoms with Gasteiger partial charge in [0, 0.05) is 16.6 Å². The number of methoxy groups -OCH3 is 1. The van der Waals surface area contributed by atoms with E-state index in [9.17, 15) is 4.79 Å². The van der Waals surface area contributed by atoms with Gasteiger partial charge in [0.15, 0.2) is 0 Å². The molecule has 1 unspecified atom stereocenters. The average Bonchev–Trinajstić information content (AvgIpc) is 2.31. The molecular weight excluding hydrogens is 300 g/mol. The summed E-state index contributed by atoms with van der Waals surface area (Å²) in [5.74, 6) is 2.20. The van der Waals surface area contributed by atoms with Gasteiger partial charge in [-0.25, -0.2) is 0 Å². The van der Waals surface area contributed by atoms with Gasteiger partial charge in [0.2, 0.25) is 0 Å². The van der Waals surface area contributed by atoms with Crippen LogP contribution in [0.2, 0.25) is 0 Å². The molecule has 0 radical (unpaired) electrons. The molecule has 0 saturated carbocycles. The van der Waals surface area contributed by atoms with Crippen molar-refractivity contribution in [2.24, 2.45) is 5.92 Å². The molecule has 0 aliphatic rings. The Morgan fingerprint density at radius 3 is 2.65 bits per heavy atom. The molecule has 17 heavy (non-hydrogen) atoms. The van der Waals surface area contributed by atoms with E-state index in [0.717, 1.165) is 16.0 Å². The summed E-state index contributed by atoms with van der Waals surface area (Å²) in [5.41, 5.74) is 1.31. The summed E-state index contributed by atoms with van der Waals surface area (Å²) < 4.78 is 5.75. The van der Waals surface area contributed by atoms with Crippen LogP contribution in [0.25, 0.3) is 0 Å². The van der Waals surface area contributed by atoms with Crippen molar-refractivity contribution in [3.05, 3.63) is 34.3 Å². The van der Waals surface area contributed by atoms with Crippen LogP contribution < -0.4 is 0 Å². The van der Waals surface area contributed by atoms with Crippen LogP contribution in [0.5, 0.6) is 0 Å². The first-order valence-corrected chi connectivity index (χ1v) is 7.45. The van der Waals surface area contributed by atoms with Crippen molar-refractivity contribution in [2.75, 3.05) is 12.9 Å². The topological polar surface area (TPSA) is 26.3 Å². The average molecular weight is 317 g/mol. The van der Waals surface area contributed by atoms with Crippen LogP contribution in [0.1, 0.15) is 18.9 Å². The highest BCUT2D eigenvalue weighted by atomic mass is 79.9. The van der Waals surface area contributed by atoms with Gasteiger partial charge in [-0.05, 0) is 29.4 Å². The summed E-state index contributed by atoms with van der Waals surface area (Å²) in [6.07, 6.45) is 0.504. The summed E-state index contributed by atoms with van der Waals surface area (Å²) in [7, 11) is 1.43. The maximum Gasteiger partial charge on any atom is 0.305 e. The Morgan fingerprint density at radius 2 is 2.06 bits per heavy atom. The maximum atomic E-state index is 11.1. The van der Waals surface area contributed by atoms with Gasteiger partial charge < -0.3 is 4.74 Å². The molecule has 1 atom stereocenters. The lowest BCUT2D eigenvalue weighted by atomic mass is 10.1. The van der Waals surface area contributed by atoms with Gasteiger partial charge in [-0.15, -0.1) is 0 Å². The van der Waals surface area contributed by atoms with E-state index in [1.807, 2.05) is 23.9 Å². The predicted molar refractivity (Wildman–Crippen MR) is 76.1 cm³/mol. The molecule has 0 spiro atoms. The Labute approximate surface area is 115 Å². The summed E-state index contributed by atoms with van der Waals surface area (Å²) >= 11 is 5.26. The van der Waals surface area contributed by atoms with E-state index in [0.29, 0.717) is 12.3 Å². The molecule has 4 heteroatoms. The predicted octanol–water partition coefficient (Wildman–Crippen LogP) is 3.88. The number of ether oxygens (including phenoxy) is 1. The lowest BCUT2D eigenvalue weighted by molar-refractivity contribution is -0.141. The maximum absolute atomic E-state index is 11.1. The van der Waals surface area contributed by atoms with Crippen LogP contribution in [0.15, 0.2) is 28.7 Å². The Kier molecular flexibility index (Phi) is 6.66. The van der Waals surface area contributed by atoms with Crippen molar-refractivity contribution >= 4 is 33.7 Å². The Hall–Kier alpha value is -0.480. The van der Waals surface area contributed by atoms with Crippen LogP contribution in [0.3, 0.4) is 0 Å². The number of carbonyl (C=O) groups excluding carboxylic acids is 1. The van der Waals surface area contributed by atoms with E-state index in [1.165, 1.54) is 12.7 Å². The third-order valence-corrected chi connectivity index (χ3v) is 4.20. The number of carbonyl (C=O) groups is 1. The van der Waals surface area contributed by atoms with Gasteiger partial charge in [-0.2, -0.15) is 11.8 Å². The van der Waals surface area contributed by atoms with Crippen molar-refractivity contribution in [3.8, 4) is 0 Å². The van der Waals surface area contributed by atoms with E-state index < -0.39 is 0 Å². The normalized spacial score (nSPS) is 12.2. The fourth-order valence-electron chi connectivity index (χ4n) is 1.39. The molecule has 2 nitrogen and oxygen atoms in total. The van der Waals surface area contributed by atoms with Crippen LogP contribution in [0.4, 0.5) is 0 Å². The minimum atomic E-state index is -0.123. The van der Waals surface area contributed by atoms with Crippen LogP contribution in [-0.2, 0) is 15.3 Å². The number of esters is 1. The third-order valence-electron chi connectivity index (χ3n) is 2.33. The van der Waals surface area contributed by atoms with Crippen molar-refractivity contribution in [2.45, 2.75) is 19.1 Å². The zero-order valence-electron chi connectivity index (χ0n) is 10.1. The molecule has 0 heterocycles. The molecule has 0 saturated heterocycles. The Balaban J connectivity index is 2.23. The first-order chi connectivity index (χ1) is 8.11. The highest BCUT2D eigenvalue weighted by molar-refractivity contribution is 9.10. The van der Waals surface area contributed by atoms with Crippen molar-refractivity contribution in [3.63, 3.8) is 0 Å². The van der Waals surface area contributed by atoms with E-state index in [-0.39, 0.29) is 5.97 Å². The summed E-state index contributed by atoms with van der Waals surface area (Å²) in [6, 6.07) is 8.33. The largest absolute Gasteiger partial charge is 0.469 e. The zero-order chi connectivity index (χ0) is 12.7. The molecule has 0 aromatic heterocycles. The van der Waals surface area contributed by atoms with Crippen molar-refractivity contribution in [1.29, 1.82) is 0 Å². The van der Waals surface area contributed by atoms with E-state index in [2.05, 4.69) is 39.7 Å². The van der Waals surface area contributed by atoms with Gasteiger partial charge in [-0.1, -0.05) is 35.0 Å². The fourth-order valence-corrected chi connectivity index (χ4v) is 2.72. The number of hydrogen-bond donors (Lipinski definition) is 0. The quantitative estimate of drug-likeness (QED) is 0.745. The number of hydrogen-bond acceptors (Lipinski definition) is 3. The summed E-state index contributed by atoms with van der Waals surface area (Å²) in [4.78, 5) is 11.1. The van der Waals surface area contributed by atoms with Crippen molar-refractivity contribution < 1.29 is 9.53 Å². The fraction of sp³-hybridized carbons (Fsp3) is 0.462. The minimum absolute atomic E-state index is 0.123. The molecule has 0 aliphatic carbocycles. The molecular formula is C13H17BrO2S. The molecule has 0 aliphatic heterocycles. The van der Waals surface area contributed by atoms with E-state index >= 15 is 0 Å². The SMILES string of the molecule is COC(=O)CC(C)CSCc1ccc(Br)cc1. The van der Waals surface area contributed by atoms with E-state index in [4.69, 9.17) is 0 Å². The molecule has 0 amide bonds.